The van der Waals surface area contributed by atoms with E-state index in [0.717, 1.165) is 17.8 Å². The van der Waals surface area contributed by atoms with Crippen molar-refractivity contribution in [3.8, 4) is 0 Å². The molecule has 1 atom stereocenters. The summed E-state index contributed by atoms with van der Waals surface area (Å²) in [5.74, 6) is -0.501. The molecule has 0 fully saturated rings. The summed E-state index contributed by atoms with van der Waals surface area (Å²) in [5.41, 5.74) is 0.846. The molecule has 1 heterocycles. The Morgan fingerprint density at radius 1 is 1.45 bits per heavy atom. The van der Waals surface area contributed by atoms with Gasteiger partial charge in [-0.3, -0.25) is 0 Å². The molecular formula is C12H12BrFN2O2S2. The molecule has 2 aromatic rings. The molecule has 0 saturated heterocycles. The van der Waals surface area contributed by atoms with Gasteiger partial charge in [-0.1, -0.05) is 0 Å². The Kier molecular flexibility index (Phi) is 4.58. The first-order valence-corrected chi connectivity index (χ1v) is 8.84. The van der Waals surface area contributed by atoms with Crippen LogP contribution in [0.3, 0.4) is 0 Å². The topological polar surface area (TPSA) is 59.1 Å². The van der Waals surface area contributed by atoms with Gasteiger partial charge in [0.1, 0.15) is 10.8 Å². The van der Waals surface area contributed by atoms with Crippen molar-refractivity contribution in [1.82, 2.24) is 9.71 Å². The lowest BCUT2D eigenvalue weighted by Crippen LogP contribution is -2.27. The molecule has 108 valence electrons. The maximum Gasteiger partial charge on any atom is 0.242 e. The smallest absolute Gasteiger partial charge is 0.242 e. The molecule has 2 rings (SSSR count). The molecule has 0 bridgehead atoms. The predicted octanol–water partition coefficient (Wildman–Crippen LogP) is 3.39. The van der Waals surface area contributed by atoms with Crippen molar-refractivity contribution in [1.29, 1.82) is 0 Å². The number of sulfonamides is 1. The normalized spacial score (nSPS) is 13.4. The maximum absolute atomic E-state index is 13.0. The predicted molar refractivity (Wildman–Crippen MR) is 79.7 cm³/mol. The Bertz CT molecular complexity index is 731. The minimum atomic E-state index is -3.74. The van der Waals surface area contributed by atoms with Crippen LogP contribution in [0.15, 0.2) is 32.9 Å². The number of halogens is 2. The van der Waals surface area contributed by atoms with Crippen molar-refractivity contribution >= 4 is 37.3 Å². The van der Waals surface area contributed by atoms with Crippen LogP contribution in [0.5, 0.6) is 0 Å². The van der Waals surface area contributed by atoms with E-state index in [1.54, 1.807) is 6.92 Å². The second kappa shape index (κ2) is 5.88. The summed E-state index contributed by atoms with van der Waals surface area (Å²) in [6.07, 6.45) is 0. The fraction of sp³-hybridized carbons (Fsp3) is 0.250. The van der Waals surface area contributed by atoms with Crippen LogP contribution in [0.4, 0.5) is 4.39 Å². The Morgan fingerprint density at radius 2 is 2.15 bits per heavy atom. The van der Waals surface area contributed by atoms with Gasteiger partial charge in [-0.05, 0) is 48.0 Å². The molecule has 0 amide bonds. The molecule has 0 radical (unpaired) electrons. The van der Waals surface area contributed by atoms with E-state index >= 15 is 0 Å². The number of nitrogens with zero attached hydrogens (tertiary/aromatic N) is 1. The molecule has 0 aliphatic carbocycles. The SMILES string of the molecule is Cc1csc(C(C)NS(=O)(=O)c2ccc(F)cc2Br)n1. The third-order valence-electron chi connectivity index (χ3n) is 2.52. The summed E-state index contributed by atoms with van der Waals surface area (Å²) in [6.45, 7) is 3.56. The number of aromatic nitrogens is 1. The van der Waals surface area contributed by atoms with Crippen LogP contribution < -0.4 is 4.72 Å². The van der Waals surface area contributed by atoms with E-state index in [2.05, 4.69) is 25.6 Å². The lowest BCUT2D eigenvalue weighted by molar-refractivity contribution is 0.565. The molecule has 0 aliphatic heterocycles. The number of rotatable bonds is 4. The Hall–Kier alpha value is -0.830. The highest BCUT2D eigenvalue weighted by Gasteiger charge is 2.22. The number of hydrogen-bond donors (Lipinski definition) is 1. The van der Waals surface area contributed by atoms with Crippen LogP contribution in [-0.2, 0) is 10.0 Å². The largest absolute Gasteiger partial charge is 0.245 e. The maximum atomic E-state index is 13.0. The second-order valence-electron chi connectivity index (χ2n) is 4.24. The highest BCUT2D eigenvalue weighted by atomic mass is 79.9. The number of nitrogens with one attached hydrogen (secondary N) is 1. The summed E-state index contributed by atoms with van der Waals surface area (Å²) in [5, 5.41) is 2.54. The van der Waals surface area contributed by atoms with Gasteiger partial charge in [0, 0.05) is 15.5 Å². The number of hydrogen-bond acceptors (Lipinski definition) is 4. The lowest BCUT2D eigenvalue weighted by Gasteiger charge is -2.13. The molecule has 8 heteroatoms. The Labute approximate surface area is 129 Å². The van der Waals surface area contributed by atoms with Crippen LogP contribution in [0.25, 0.3) is 0 Å². The van der Waals surface area contributed by atoms with Crippen molar-refractivity contribution in [2.75, 3.05) is 0 Å². The quantitative estimate of drug-likeness (QED) is 0.886. The first-order chi connectivity index (χ1) is 9.29. The number of benzene rings is 1. The van der Waals surface area contributed by atoms with Gasteiger partial charge in [0.15, 0.2) is 0 Å². The number of thiazole rings is 1. The highest BCUT2D eigenvalue weighted by molar-refractivity contribution is 9.10. The molecule has 1 N–H and O–H groups in total. The van der Waals surface area contributed by atoms with Crippen molar-refractivity contribution in [2.24, 2.45) is 0 Å². The molecular weight excluding hydrogens is 367 g/mol. The van der Waals surface area contributed by atoms with E-state index in [-0.39, 0.29) is 9.37 Å². The van der Waals surface area contributed by atoms with Gasteiger partial charge in [0.25, 0.3) is 0 Å². The Morgan fingerprint density at radius 3 is 2.70 bits per heavy atom. The molecule has 1 aromatic heterocycles. The van der Waals surface area contributed by atoms with E-state index in [1.807, 2.05) is 12.3 Å². The zero-order chi connectivity index (χ0) is 14.9. The van der Waals surface area contributed by atoms with Gasteiger partial charge in [-0.25, -0.2) is 22.5 Å². The van der Waals surface area contributed by atoms with Gasteiger partial charge in [-0.15, -0.1) is 11.3 Å². The summed E-state index contributed by atoms with van der Waals surface area (Å²) in [4.78, 5) is 4.24. The van der Waals surface area contributed by atoms with E-state index in [9.17, 15) is 12.8 Å². The van der Waals surface area contributed by atoms with Crippen LogP contribution in [-0.4, -0.2) is 13.4 Å². The lowest BCUT2D eigenvalue weighted by atomic mass is 10.3. The summed E-state index contributed by atoms with van der Waals surface area (Å²) >= 11 is 4.45. The van der Waals surface area contributed by atoms with E-state index < -0.39 is 21.9 Å². The van der Waals surface area contributed by atoms with Gasteiger partial charge in [0.05, 0.1) is 10.9 Å². The van der Waals surface area contributed by atoms with Crippen molar-refractivity contribution in [3.05, 3.63) is 44.6 Å². The molecule has 0 spiro atoms. The second-order valence-corrected chi connectivity index (χ2v) is 7.67. The Balaban J connectivity index is 2.27. The van der Waals surface area contributed by atoms with Crippen LogP contribution in [0, 0.1) is 12.7 Å². The zero-order valence-electron chi connectivity index (χ0n) is 10.7. The molecule has 20 heavy (non-hydrogen) atoms. The van der Waals surface area contributed by atoms with Crippen LogP contribution in [0.1, 0.15) is 23.7 Å². The van der Waals surface area contributed by atoms with Crippen molar-refractivity contribution in [3.63, 3.8) is 0 Å². The third-order valence-corrected chi connectivity index (χ3v) is 6.19. The molecule has 4 nitrogen and oxygen atoms in total. The average molecular weight is 379 g/mol. The summed E-state index contributed by atoms with van der Waals surface area (Å²) in [7, 11) is -3.74. The van der Waals surface area contributed by atoms with E-state index in [1.165, 1.54) is 17.4 Å². The molecule has 1 unspecified atom stereocenters. The fourth-order valence-electron chi connectivity index (χ4n) is 1.61. The van der Waals surface area contributed by atoms with Crippen molar-refractivity contribution in [2.45, 2.75) is 24.8 Å². The van der Waals surface area contributed by atoms with Gasteiger partial charge < -0.3 is 0 Å². The van der Waals surface area contributed by atoms with Crippen LogP contribution >= 0.6 is 27.3 Å². The minimum Gasteiger partial charge on any atom is -0.245 e. The monoisotopic (exact) mass is 378 g/mol. The highest BCUT2D eigenvalue weighted by Crippen LogP contribution is 2.25. The zero-order valence-corrected chi connectivity index (χ0v) is 13.9. The van der Waals surface area contributed by atoms with Crippen molar-refractivity contribution < 1.29 is 12.8 Å². The molecule has 0 aliphatic rings. The van der Waals surface area contributed by atoms with Gasteiger partial charge in [0.2, 0.25) is 10.0 Å². The summed E-state index contributed by atoms with van der Waals surface area (Å²) in [6, 6.07) is 3.00. The molecule has 0 saturated carbocycles. The fourth-order valence-corrected chi connectivity index (χ4v) is 4.75. The standard InChI is InChI=1S/C12H12BrFN2O2S2/c1-7-6-19-12(15-7)8(2)16-20(17,18)11-4-3-9(14)5-10(11)13/h3-6,8,16H,1-2H3. The minimum absolute atomic E-state index is 0.000900. The first kappa shape index (κ1) is 15.6. The van der Waals surface area contributed by atoms with Gasteiger partial charge in [-0.2, -0.15) is 0 Å². The van der Waals surface area contributed by atoms with E-state index in [0.29, 0.717) is 5.01 Å². The summed E-state index contributed by atoms with van der Waals surface area (Å²) < 4.78 is 40.3. The average Bonchev–Trinajstić information content (AvgIpc) is 2.74. The first-order valence-electron chi connectivity index (χ1n) is 5.69. The van der Waals surface area contributed by atoms with Gasteiger partial charge >= 0.3 is 0 Å². The van der Waals surface area contributed by atoms with E-state index in [4.69, 9.17) is 0 Å². The number of aryl methyl sites for hydroxylation is 1. The van der Waals surface area contributed by atoms with Crippen LogP contribution in [0.2, 0.25) is 0 Å². The molecule has 1 aromatic carbocycles. The third kappa shape index (κ3) is 3.43.